The maximum absolute atomic E-state index is 12.2. The molecule has 0 aliphatic rings. The van der Waals surface area contributed by atoms with Crippen LogP contribution in [0.1, 0.15) is 23.0 Å². The van der Waals surface area contributed by atoms with Crippen LogP contribution in [0, 0.1) is 0 Å². The van der Waals surface area contributed by atoms with Gasteiger partial charge in [-0.1, -0.05) is 42.5 Å². The number of nitrogens with one attached hydrogen (secondary N) is 1. The highest BCUT2D eigenvalue weighted by atomic mass is 32.1. The molecule has 0 bridgehead atoms. The van der Waals surface area contributed by atoms with Gasteiger partial charge in [0.1, 0.15) is 0 Å². The van der Waals surface area contributed by atoms with Gasteiger partial charge in [0.25, 0.3) is 0 Å². The molecule has 0 spiro atoms. The molecule has 1 atom stereocenters. The number of carbonyl (C=O) groups excluding carboxylic acids is 1. The molecule has 5 heteroatoms. The molecule has 0 fully saturated rings. The quantitative estimate of drug-likeness (QED) is 0.705. The first-order valence-corrected chi connectivity index (χ1v) is 9.27. The van der Waals surface area contributed by atoms with E-state index in [1.54, 1.807) is 11.3 Å². The molecule has 0 radical (unpaired) electrons. The van der Waals surface area contributed by atoms with E-state index in [2.05, 4.69) is 33.4 Å². The summed E-state index contributed by atoms with van der Waals surface area (Å²) in [5.74, 6) is 0.0713. The number of carbonyl (C=O) groups is 1. The molecule has 1 N–H and O–H groups in total. The number of fused-ring (bicyclic) bond motifs is 1. The van der Waals surface area contributed by atoms with Gasteiger partial charge < -0.3 is 10.2 Å². The monoisotopic (exact) mass is 353 g/mol. The first-order chi connectivity index (χ1) is 12.1. The van der Waals surface area contributed by atoms with Crippen molar-refractivity contribution < 1.29 is 4.79 Å². The Bertz CT molecular complexity index is 796. The van der Waals surface area contributed by atoms with Gasteiger partial charge >= 0.3 is 0 Å². The lowest BCUT2D eigenvalue weighted by Crippen LogP contribution is -2.34. The van der Waals surface area contributed by atoms with Gasteiger partial charge in [0, 0.05) is 19.4 Å². The Hall–Kier alpha value is -2.24. The molecule has 0 unspecified atom stereocenters. The van der Waals surface area contributed by atoms with Crippen molar-refractivity contribution in [1.82, 2.24) is 15.2 Å². The molecular weight excluding hydrogens is 330 g/mol. The minimum Gasteiger partial charge on any atom is -0.354 e. The predicted octanol–water partition coefficient (Wildman–Crippen LogP) is 3.65. The number of para-hydroxylation sites is 1. The second-order valence-corrected chi connectivity index (χ2v) is 7.38. The van der Waals surface area contributed by atoms with Crippen molar-refractivity contribution in [3.05, 3.63) is 65.2 Å². The summed E-state index contributed by atoms with van der Waals surface area (Å²) >= 11 is 1.67. The van der Waals surface area contributed by atoms with E-state index >= 15 is 0 Å². The fourth-order valence-corrected chi connectivity index (χ4v) is 3.79. The van der Waals surface area contributed by atoms with Crippen LogP contribution in [0.2, 0.25) is 0 Å². The van der Waals surface area contributed by atoms with Crippen LogP contribution in [-0.2, 0) is 11.2 Å². The van der Waals surface area contributed by atoms with Crippen molar-refractivity contribution in [2.24, 2.45) is 0 Å². The number of aryl methyl sites for hydroxylation is 1. The molecular formula is C20H23N3OS. The molecule has 3 rings (SSSR count). The van der Waals surface area contributed by atoms with Crippen molar-refractivity contribution in [2.45, 2.75) is 18.9 Å². The smallest absolute Gasteiger partial charge is 0.220 e. The van der Waals surface area contributed by atoms with E-state index < -0.39 is 0 Å². The second kappa shape index (κ2) is 8.23. The van der Waals surface area contributed by atoms with Gasteiger partial charge in [-0.25, -0.2) is 4.98 Å². The lowest BCUT2D eigenvalue weighted by Gasteiger charge is -2.25. The number of aromatic nitrogens is 1. The molecule has 1 heterocycles. The zero-order valence-electron chi connectivity index (χ0n) is 14.6. The predicted molar refractivity (Wildman–Crippen MR) is 104 cm³/mol. The first kappa shape index (κ1) is 17.6. The number of nitrogens with zero attached hydrogens (tertiary/aromatic N) is 2. The van der Waals surface area contributed by atoms with Crippen LogP contribution in [0.4, 0.5) is 0 Å². The Morgan fingerprint density at radius 3 is 2.56 bits per heavy atom. The third kappa shape index (κ3) is 4.65. The summed E-state index contributed by atoms with van der Waals surface area (Å²) in [6.45, 7) is 0.607. The van der Waals surface area contributed by atoms with Gasteiger partial charge in [0.15, 0.2) is 0 Å². The number of hydrogen-bond donors (Lipinski definition) is 1. The van der Waals surface area contributed by atoms with E-state index in [0.29, 0.717) is 19.4 Å². The molecule has 130 valence electrons. The fourth-order valence-electron chi connectivity index (χ4n) is 2.82. The van der Waals surface area contributed by atoms with E-state index in [1.165, 1.54) is 10.3 Å². The Labute approximate surface area is 152 Å². The van der Waals surface area contributed by atoms with Crippen LogP contribution in [0.25, 0.3) is 10.2 Å². The Morgan fingerprint density at radius 1 is 1.12 bits per heavy atom. The summed E-state index contributed by atoms with van der Waals surface area (Å²) in [6, 6.07) is 18.5. The Kier molecular flexibility index (Phi) is 5.79. The van der Waals surface area contributed by atoms with E-state index in [0.717, 1.165) is 10.5 Å². The number of likely N-dealkylation sites (N-methyl/N-ethyl adjacent to an activating group) is 1. The first-order valence-electron chi connectivity index (χ1n) is 8.46. The highest BCUT2D eigenvalue weighted by Crippen LogP contribution is 2.22. The normalized spacial score (nSPS) is 12.4. The Balaban J connectivity index is 1.53. The van der Waals surface area contributed by atoms with Crippen molar-refractivity contribution >= 4 is 27.5 Å². The van der Waals surface area contributed by atoms with Crippen molar-refractivity contribution in [1.29, 1.82) is 0 Å². The molecule has 0 saturated carbocycles. The average molecular weight is 353 g/mol. The number of hydrogen-bond acceptors (Lipinski definition) is 4. The van der Waals surface area contributed by atoms with E-state index in [1.807, 2.05) is 50.5 Å². The summed E-state index contributed by atoms with van der Waals surface area (Å²) in [6.07, 6.45) is 1.15. The van der Waals surface area contributed by atoms with E-state index in [4.69, 9.17) is 0 Å². The maximum atomic E-state index is 12.2. The summed E-state index contributed by atoms with van der Waals surface area (Å²) in [5, 5.41) is 4.08. The summed E-state index contributed by atoms with van der Waals surface area (Å²) in [5.41, 5.74) is 2.22. The molecule has 2 aromatic carbocycles. The third-order valence-electron chi connectivity index (χ3n) is 4.20. The summed E-state index contributed by atoms with van der Waals surface area (Å²) < 4.78 is 1.18. The van der Waals surface area contributed by atoms with Gasteiger partial charge in [-0.05, 0) is 31.8 Å². The fraction of sp³-hybridized carbons (Fsp3) is 0.300. The van der Waals surface area contributed by atoms with Gasteiger partial charge in [0.05, 0.1) is 21.3 Å². The van der Waals surface area contributed by atoms with Gasteiger partial charge in [-0.2, -0.15) is 0 Å². The van der Waals surface area contributed by atoms with Crippen LogP contribution in [0.5, 0.6) is 0 Å². The van der Waals surface area contributed by atoms with E-state index in [-0.39, 0.29) is 11.9 Å². The maximum Gasteiger partial charge on any atom is 0.220 e. The largest absolute Gasteiger partial charge is 0.354 e. The van der Waals surface area contributed by atoms with Crippen LogP contribution in [-0.4, -0.2) is 36.4 Å². The van der Waals surface area contributed by atoms with Crippen molar-refractivity contribution in [2.75, 3.05) is 20.6 Å². The minimum absolute atomic E-state index is 0.0713. The number of rotatable bonds is 7. The topological polar surface area (TPSA) is 45.2 Å². The van der Waals surface area contributed by atoms with Crippen LogP contribution in [0.15, 0.2) is 54.6 Å². The standard InChI is InChI=1S/C20H23N3OS/c1-23(2)17(15-8-4-3-5-9-15)14-21-19(24)12-13-20-22-16-10-6-7-11-18(16)25-20/h3-11,17H,12-14H2,1-2H3,(H,21,24)/t17-/m1/s1. The van der Waals surface area contributed by atoms with Crippen molar-refractivity contribution in [3.63, 3.8) is 0 Å². The molecule has 4 nitrogen and oxygen atoms in total. The van der Waals surface area contributed by atoms with Crippen LogP contribution < -0.4 is 5.32 Å². The van der Waals surface area contributed by atoms with Gasteiger partial charge in [-0.3, -0.25) is 4.79 Å². The van der Waals surface area contributed by atoms with E-state index in [9.17, 15) is 4.79 Å². The highest BCUT2D eigenvalue weighted by molar-refractivity contribution is 7.18. The van der Waals surface area contributed by atoms with Crippen LogP contribution in [0.3, 0.4) is 0 Å². The molecule has 1 aromatic heterocycles. The number of amides is 1. The van der Waals surface area contributed by atoms with Gasteiger partial charge in [-0.15, -0.1) is 11.3 Å². The third-order valence-corrected chi connectivity index (χ3v) is 5.30. The minimum atomic E-state index is 0.0713. The molecule has 0 aliphatic heterocycles. The molecule has 0 aliphatic carbocycles. The SMILES string of the molecule is CN(C)[C@H](CNC(=O)CCc1nc2ccccc2s1)c1ccccc1. The summed E-state index contributed by atoms with van der Waals surface area (Å²) in [7, 11) is 4.07. The lowest BCUT2D eigenvalue weighted by atomic mass is 10.1. The zero-order valence-corrected chi connectivity index (χ0v) is 15.4. The number of thiazole rings is 1. The number of benzene rings is 2. The molecule has 0 saturated heterocycles. The zero-order chi connectivity index (χ0) is 17.6. The average Bonchev–Trinajstić information content (AvgIpc) is 3.04. The Morgan fingerprint density at radius 2 is 1.84 bits per heavy atom. The lowest BCUT2D eigenvalue weighted by molar-refractivity contribution is -0.121. The molecule has 1 amide bonds. The van der Waals surface area contributed by atoms with Crippen LogP contribution >= 0.6 is 11.3 Å². The second-order valence-electron chi connectivity index (χ2n) is 6.27. The van der Waals surface area contributed by atoms with Gasteiger partial charge in [0.2, 0.25) is 5.91 Å². The highest BCUT2D eigenvalue weighted by Gasteiger charge is 2.15. The summed E-state index contributed by atoms with van der Waals surface area (Å²) in [4.78, 5) is 19.0. The van der Waals surface area contributed by atoms with Crippen molar-refractivity contribution in [3.8, 4) is 0 Å². The molecule has 25 heavy (non-hydrogen) atoms. The molecule has 3 aromatic rings.